The van der Waals surface area contributed by atoms with Gasteiger partial charge in [-0.2, -0.15) is 4.39 Å². The van der Waals surface area contributed by atoms with Gasteiger partial charge in [-0.25, -0.2) is 22.9 Å². The smallest absolute Gasteiger partial charge is 0.254 e. The number of amides is 1. The Bertz CT molecular complexity index is 548. The van der Waals surface area contributed by atoms with Gasteiger partial charge < -0.3 is 5.32 Å². The topological polar surface area (TPSA) is 102 Å². The highest BCUT2D eigenvalue weighted by atomic mass is 32.2. The Labute approximate surface area is 102 Å². The van der Waals surface area contributed by atoms with Crippen molar-refractivity contribution < 1.29 is 22.0 Å². The average molecular weight is 279 g/mol. The molecule has 0 saturated carbocycles. The number of nitrogens with zero attached hydrogens (tertiary/aromatic N) is 1. The molecule has 1 amide bonds. The standard InChI is InChI=1S/C9H11F2N3O3S/c10-7-6(2-4-13-8(7)11)9(15)14-3-1-5-18(12,16)17/h2,4H,1,3,5H2,(H,14,15)(H2,12,16,17). The van der Waals surface area contributed by atoms with E-state index in [2.05, 4.69) is 10.3 Å². The lowest BCUT2D eigenvalue weighted by Crippen LogP contribution is -2.28. The van der Waals surface area contributed by atoms with Crippen LogP contribution in [0.15, 0.2) is 12.3 Å². The van der Waals surface area contributed by atoms with Crippen LogP contribution >= 0.6 is 0 Å². The van der Waals surface area contributed by atoms with Crippen LogP contribution in [0.3, 0.4) is 0 Å². The van der Waals surface area contributed by atoms with E-state index in [1.54, 1.807) is 0 Å². The van der Waals surface area contributed by atoms with E-state index in [-0.39, 0.29) is 18.7 Å². The summed E-state index contributed by atoms with van der Waals surface area (Å²) >= 11 is 0. The molecule has 1 rings (SSSR count). The highest BCUT2D eigenvalue weighted by Gasteiger charge is 2.15. The average Bonchev–Trinajstić information content (AvgIpc) is 2.26. The molecule has 9 heteroatoms. The van der Waals surface area contributed by atoms with Crippen LogP contribution in [-0.4, -0.2) is 31.6 Å². The Morgan fingerprint density at radius 1 is 1.44 bits per heavy atom. The number of hydrogen-bond donors (Lipinski definition) is 2. The Kier molecular flexibility index (Phi) is 4.68. The normalized spacial score (nSPS) is 11.3. The van der Waals surface area contributed by atoms with Crippen LogP contribution in [0.2, 0.25) is 0 Å². The first-order valence-electron chi connectivity index (χ1n) is 4.90. The van der Waals surface area contributed by atoms with Crippen LogP contribution in [-0.2, 0) is 10.0 Å². The number of aromatic nitrogens is 1. The molecule has 1 aromatic heterocycles. The van der Waals surface area contributed by atoms with Gasteiger partial charge in [0.15, 0.2) is 5.82 Å². The fourth-order valence-electron chi connectivity index (χ4n) is 1.16. The van der Waals surface area contributed by atoms with Crippen molar-refractivity contribution in [3.63, 3.8) is 0 Å². The first-order chi connectivity index (χ1) is 8.31. The van der Waals surface area contributed by atoms with E-state index in [4.69, 9.17) is 5.14 Å². The van der Waals surface area contributed by atoms with E-state index in [1.165, 1.54) is 0 Å². The highest BCUT2D eigenvalue weighted by Crippen LogP contribution is 2.08. The summed E-state index contributed by atoms with van der Waals surface area (Å²) in [6.07, 6.45) is 1.04. The fourth-order valence-corrected chi connectivity index (χ4v) is 1.71. The number of carbonyl (C=O) groups is 1. The van der Waals surface area contributed by atoms with Crippen molar-refractivity contribution in [2.24, 2.45) is 5.14 Å². The lowest BCUT2D eigenvalue weighted by molar-refractivity contribution is 0.0948. The molecule has 0 bridgehead atoms. The second kappa shape index (κ2) is 5.83. The van der Waals surface area contributed by atoms with E-state index in [0.717, 1.165) is 12.3 Å². The van der Waals surface area contributed by atoms with Gasteiger partial charge in [-0.05, 0) is 12.5 Å². The molecule has 18 heavy (non-hydrogen) atoms. The van der Waals surface area contributed by atoms with Gasteiger partial charge in [-0.15, -0.1) is 0 Å². The molecule has 0 aromatic carbocycles. The van der Waals surface area contributed by atoms with Crippen LogP contribution < -0.4 is 10.5 Å². The van der Waals surface area contributed by atoms with Crippen molar-refractivity contribution in [1.82, 2.24) is 10.3 Å². The van der Waals surface area contributed by atoms with Gasteiger partial charge >= 0.3 is 0 Å². The summed E-state index contributed by atoms with van der Waals surface area (Å²) in [5.41, 5.74) is -0.488. The SMILES string of the molecule is NS(=O)(=O)CCCNC(=O)c1ccnc(F)c1F. The maximum Gasteiger partial charge on any atom is 0.254 e. The molecule has 6 nitrogen and oxygen atoms in total. The van der Waals surface area contributed by atoms with Crippen molar-refractivity contribution in [1.29, 1.82) is 0 Å². The summed E-state index contributed by atoms with van der Waals surface area (Å²) < 4.78 is 47.0. The second-order valence-electron chi connectivity index (χ2n) is 3.44. The van der Waals surface area contributed by atoms with Crippen LogP contribution in [0, 0.1) is 11.8 Å². The van der Waals surface area contributed by atoms with E-state index in [9.17, 15) is 22.0 Å². The Morgan fingerprint density at radius 3 is 2.72 bits per heavy atom. The third-order valence-corrected chi connectivity index (χ3v) is 2.84. The van der Waals surface area contributed by atoms with Gasteiger partial charge in [-0.1, -0.05) is 0 Å². The summed E-state index contributed by atoms with van der Waals surface area (Å²) in [5, 5.41) is 7.00. The third kappa shape index (κ3) is 4.34. The van der Waals surface area contributed by atoms with Crippen molar-refractivity contribution >= 4 is 15.9 Å². The van der Waals surface area contributed by atoms with Crippen molar-refractivity contribution in [2.75, 3.05) is 12.3 Å². The molecule has 0 radical (unpaired) electrons. The molecule has 100 valence electrons. The minimum Gasteiger partial charge on any atom is -0.352 e. The Balaban J connectivity index is 2.54. The van der Waals surface area contributed by atoms with Gasteiger partial charge in [0.2, 0.25) is 16.0 Å². The molecule has 0 fully saturated rings. The zero-order valence-electron chi connectivity index (χ0n) is 9.19. The first-order valence-corrected chi connectivity index (χ1v) is 6.61. The summed E-state index contributed by atoms with van der Waals surface area (Å²) in [4.78, 5) is 14.4. The summed E-state index contributed by atoms with van der Waals surface area (Å²) in [7, 11) is -3.60. The van der Waals surface area contributed by atoms with E-state index in [1.807, 2.05) is 0 Å². The number of nitrogens with two attached hydrogens (primary N) is 1. The largest absolute Gasteiger partial charge is 0.352 e. The van der Waals surface area contributed by atoms with E-state index >= 15 is 0 Å². The maximum atomic E-state index is 13.1. The number of rotatable bonds is 5. The third-order valence-electron chi connectivity index (χ3n) is 1.98. The minimum atomic E-state index is -3.60. The quantitative estimate of drug-likeness (QED) is 0.574. The Morgan fingerprint density at radius 2 is 2.11 bits per heavy atom. The lowest BCUT2D eigenvalue weighted by atomic mass is 10.2. The number of pyridine rings is 1. The van der Waals surface area contributed by atoms with Crippen molar-refractivity contribution in [2.45, 2.75) is 6.42 Å². The van der Waals surface area contributed by atoms with Gasteiger partial charge in [0.1, 0.15) is 0 Å². The monoisotopic (exact) mass is 279 g/mol. The molecular weight excluding hydrogens is 268 g/mol. The minimum absolute atomic E-state index is 0.0152. The summed E-state index contributed by atoms with van der Waals surface area (Å²) in [6, 6.07) is 1.02. The molecule has 0 unspecified atom stereocenters. The van der Waals surface area contributed by atoms with E-state index < -0.39 is 33.3 Å². The number of sulfonamides is 1. The predicted octanol–water partition coefficient (Wildman–Crippen LogP) is -0.232. The molecule has 3 N–H and O–H groups in total. The van der Waals surface area contributed by atoms with Crippen LogP contribution in [0.5, 0.6) is 0 Å². The molecule has 0 aliphatic carbocycles. The fraction of sp³-hybridized carbons (Fsp3) is 0.333. The zero-order chi connectivity index (χ0) is 13.8. The van der Waals surface area contributed by atoms with Crippen molar-refractivity contribution in [3.05, 3.63) is 29.6 Å². The number of halogens is 2. The molecule has 0 aliphatic rings. The number of hydrogen-bond acceptors (Lipinski definition) is 4. The predicted molar refractivity (Wildman–Crippen MR) is 59.1 cm³/mol. The van der Waals surface area contributed by atoms with Gasteiger partial charge in [-0.3, -0.25) is 4.79 Å². The molecule has 0 saturated heterocycles. The number of carbonyl (C=O) groups excluding carboxylic acids is 1. The molecule has 0 spiro atoms. The molecule has 1 aromatic rings. The number of primary sulfonamides is 1. The molecule has 0 aliphatic heterocycles. The zero-order valence-corrected chi connectivity index (χ0v) is 10.0. The summed E-state index contributed by atoms with van der Waals surface area (Å²) in [5.74, 6) is -3.86. The van der Waals surface area contributed by atoms with Gasteiger partial charge in [0.25, 0.3) is 5.91 Å². The van der Waals surface area contributed by atoms with Gasteiger partial charge in [0.05, 0.1) is 11.3 Å². The number of nitrogens with one attached hydrogen (secondary N) is 1. The Hall–Kier alpha value is -1.61. The molecule has 0 atom stereocenters. The second-order valence-corrected chi connectivity index (χ2v) is 5.17. The van der Waals surface area contributed by atoms with Crippen LogP contribution in [0.4, 0.5) is 8.78 Å². The first kappa shape index (κ1) is 14.5. The van der Waals surface area contributed by atoms with Crippen molar-refractivity contribution in [3.8, 4) is 0 Å². The lowest BCUT2D eigenvalue weighted by Gasteiger charge is -2.05. The summed E-state index contributed by atoms with van der Waals surface area (Å²) in [6.45, 7) is -0.0152. The van der Waals surface area contributed by atoms with Crippen LogP contribution in [0.1, 0.15) is 16.8 Å². The maximum absolute atomic E-state index is 13.1. The highest BCUT2D eigenvalue weighted by molar-refractivity contribution is 7.89. The van der Waals surface area contributed by atoms with E-state index in [0.29, 0.717) is 0 Å². The van der Waals surface area contributed by atoms with Crippen LogP contribution in [0.25, 0.3) is 0 Å². The molecule has 1 heterocycles. The van der Waals surface area contributed by atoms with Gasteiger partial charge in [0, 0.05) is 12.7 Å². The molecular formula is C9H11F2N3O3S.